The van der Waals surface area contributed by atoms with Crippen LogP contribution in [0.2, 0.25) is 4.34 Å². The second-order valence-corrected chi connectivity index (χ2v) is 11.9. The first kappa shape index (κ1) is 25.3. The van der Waals surface area contributed by atoms with E-state index >= 15 is 0 Å². The number of carboxylic acid groups (broad SMARTS) is 1. The number of hydrogen-bond donors (Lipinski definition) is 2. The Morgan fingerprint density at radius 1 is 1.26 bits per heavy atom. The first-order chi connectivity index (χ1) is 16.4. The molecule has 0 bridgehead atoms. The van der Waals surface area contributed by atoms with Crippen molar-refractivity contribution in [3.63, 3.8) is 0 Å². The fourth-order valence-electron chi connectivity index (χ4n) is 3.85. The van der Waals surface area contributed by atoms with Gasteiger partial charge in [0.05, 0.1) is 22.7 Å². The minimum Gasteiger partial charge on any atom is -0.478 e. The monoisotopic (exact) mass is 539 g/mol. The highest BCUT2D eigenvalue weighted by Gasteiger charge is 2.39. The number of aromatic nitrogens is 3. The molecule has 1 aliphatic heterocycles. The summed E-state index contributed by atoms with van der Waals surface area (Å²) in [5.41, 5.74) is 0.0430. The maximum Gasteiger partial charge on any atom is 0.335 e. The number of aliphatic hydroxyl groups is 1. The van der Waals surface area contributed by atoms with Crippen molar-refractivity contribution in [1.29, 1.82) is 0 Å². The summed E-state index contributed by atoms with van der Waals surface area (Å²) in [5, 5.41) is 23.9. The zero-order chi connectivity index (χ0) is 25.5. The molecule has 2 N–H and O–H groups in total. The summed E-state index contributed by atoms with van der Waals surface area (Å²) in [5.74, 6) is -1.93. The van der Waals surface area contributed by atoms with E-state index in [1.807, 2.05) is 6.07 Å². The molecule has 2 unspecified atom stereocenters. The minimum absolute atomic E-state index is 0.0314. The molecular formula is C21H22ClN5O6S2. The number of halogens is 1. The molecule has 14 heteroatoms. The first-order valence-electron chi connectivity index (χ1n) is 10.4. The topological polar surface area (TPSA) is 146 Å². The molecule has 0 saturated carbocycles. The Morgan fingerprint density at radius 3 is 2.57 bits per heavy atom. The number of sulfonamides is 1. The third-order valence-electron chi connectivity index (χ3n) is 5.54. The highest BCUT2D eigenvalue weighted by molar-refractivity contribution is 7.88. The lowest BCUT2D eigenvalue weighted by Gasteiger charge is -2.17. The van der Waals surface area contributed by atoms with Crippen LogP contribution in [0.3, 0.4) is 0 Å². The summed E-state index contributed by atoms with van der Waals surface area (Å²) in [6, 6.07) is 9.17. The van der Waals surface area contributed by atoms with Crippen molar-refractivity contribution in [2.24, 2.45) is 0 Å². The van der Waals surface area contributed by atoms with Gasteiger partial charge in [0, 0.05) is 30.0 Å². The van der Waals surface area contributed by atoms with E-state index in [1.54, 1.807) is 18.0 Å². The number of anilines is 1. The number of hydrogen-bond acceptors (Lipinski definition) is 9. The molecule has 4 rings (SSSR count). The molecule has 11 nitrogen and oxygen atoms in total. The molecule has 2 atom stereocenters. The van der Waals surface area contributed by atoms with E-state index in [-0.39, 0.29) is 35.9 Å². The molecule has 35 heavy (non-hydrogen) atoms. The molecule has 0 amide bonds. The van der Waals surface area contributed by atoms with Gasteiger partial charge < -0.3 is 15.1 Å². The highest BCUT2D eigenvalue weighted by Crippen LogP contribution is 2.32. The van der Waals surface area contributed by atoms with Crippen molar-refractivity contribution >= 4 is 50.8 Å². The standard InChI is InChI=1S/C21H22ClN5O6S2/c1-25(11-15-6-7-16(22)34-15)21-23-18(14-9-17(28)26(10-14)35(2,32)33)24-27(21)19(29)12-4-3-5-13(8-12)20(30)31/h3-8,14,17,28H,9-11H2,1-2H3,(H,30,31). The van der Waals surface area contributed by atoms with E-state index < -0.39 is 34.0 Å². The van der Waals surface area contributed by atoms with Crippen LogP contribution in [-0.2, 0) is 16.6 Å². The normalized spacial score (nSPS) is 18.6. The lowest BCUT2D eigenvalue weighted by Crippen LogP contribution is -2.34. The van der Waals surface area contributed by atoms with Crippen molar-refractivity contribution in [2.45, 2.75) is 25.1 Å². The molecule has 0 radical (unpaired) electrons. The van der Waals surface area contributed by atoms with Crippen molar-refractivity contribution in [3.05, 3.63) is 62.6 Å². The van der Waals surface area contributed by atoms with Gasteiger partial charge in [-0.3, -0.25) is 4.79 Å². The number of nitrogens with zero attached hydrogens (tertiary/aromatic N) is 5. The number of carbonyl (C=O) groups is 2. The number of aromatic carboxylic acids is 1. The highest BCUT2D eigenvalue weighted by atomic mass is 35.5. The second-order valence-electron chi connectivity index (χ2n) is 8.18. The van der Waals surface area contributed by atoms with Crippen molar-refractivity contribution in [2.75, 3.05) is 24.7 Å². The zero-order valence-electron chi connectivity index (χ0n) is 18.7. The van der Waals surface area contributed by atoms with Gasteiger partial charge in [0.15, 0.2) is 5.82 Å². The Bertz CT molecular complexity index is 1390. The molecule has 186 valence electrons. The van der Waals surface area contributed by atoms with Gasteiger partial charge in [-0.1, -0.05) is 17.7 Å². The largest absolute Gasteiger partial charge is 0.478 e. The smallest absolute Gasteiger partial charge is 0.335 e. The Balaban J connectivity index is 1.72. The quantitative estimate of drug-likeness (QED) is 0.460. The Morgan fingerprint density at radius 2 is 1.97 bits per heavy atom. The van der Waals surface area contributed by atoms with Crippen LogP contribution < -0.4 is 4.90 Å². The van der Waals surface area contributed by atoms with Crippen molar-refractivity contribution in [1.82, 2.24) is 19.1 Å². The van der Waals surface area contributed by atoms with Crippen LogP contribution in [0.15, 0.2) is 36.4 Å². The van der Waals surface area contributed by atoms with Gasteiger partial charge in [0.2, 0.25) is 16.0 Å². The van der Waals surface area contributed by atoms with Crippen molar-refractivity contribution < 1.29 is 28.2 Å². The molecule has 2 aromatic heterocycles. The van der Waals surface area contributed by atoms with Gasteiger partial charge in [0.25, 0.3) is 5.91 Å². The lowest BCUT2D eigenvalue weighted by molar-refractivity contribution is 0.0696. The molecule has 1 saturated heterocycles. The maximum atomic E-state index is 13.4. The predicted molar refractivity (Wildman–Crippen MR) is 130 cm³/mol. The van der Waals surface area contributed by atoms with Crippen LogP contribution >= 0.6 is 22.9 Å². The Hall–Kier alpha value is -2.84. The lowest BCUT2D eigenvalue weighted by atomic mass is 10.1. The Labute approximate surface area is 210 Å². The van der Waals surface area contributed by atoms with Gasteiger partial charge in [-0.05, 0) is 36.8 Å². The van der Waals surface area contributed by atoms with Crippen molar-refractivity contribution in [3.8, 4) is 0 Å². The SMILES string of the molecule is CN(Cc1ccc(Cl)s1)c1nc(C2CC(O)N(S(C)(=O)=O)C2)nn1C(=O)c1cccc(C(=O)O)c1. The third kappa shape index (κ3) is 5.38. The van der Waals surface area contributed by atoms with Crippen LogP contribution in [-0.4, -0.2) is 75.7 Å². The van der Waals surface area contributed by atoms with E-state index in [0.717, 1.165) is 20.1 Å². The number of carbonyl (C=O) groups excluding carboxylic acids is 1. The van der Waals surface area contributed by atoms with Crippen LogP contribution in [0.25, 0.3) is 0 Å². The van der Waals surface area contributed by atoms with E-state index in [0.29, 0.717) is 10.9 Å². The van der Waals surface area contributed by atoms with Gasteiger partial charge >= 0.3 is 5.97 Å². The Kier molecular flexibility index (Phi) is 6.97. The average molecular weight is 540 g/mol. The molecule has 0 aliphatic carbocycles. The fourth-order valence-corrected chi connectivity index (χ4v) is 5.97. The van der Waals surface area contributed by atoms with Gasteiger partial charge in [0.1, 0.15) is 6.23 Å². The molecule has 1 aliphatic rings. The molecule has 1 aromatic carbocycles. The summed E-state index contributed by atoms with van der Waals surface area (Å²) in [7, 11) is -1.93. The van der Waals surface area contributed by atoms with E-state index in [2.05, 4.69) is 10.1 Å². The first-order valence-corrected chi connectivity index (χ1v) is 13.4. The molecule has 3 aromatic rings. The molecule has 1 fully saturated rings. The predicted octanol–water partition coefficient (Wildman–Crippen LogP) is 2.08. The summed E-state index contributed by atoms with van der Waals surface area (Å²) < 4.78 is 26.6. The number of aliphatic hydroxyl groups excluding tert-OH is 1. The average Bonchev–Trinajstić information content (AvgIpc) is 3.51. The number of carboxylic acids is 1. The number of rotatable bonds is 7. The van der Waals surface area contributed by atoms with Gasteiger partial charge in [-0.15, -0.1) is 16.4 Å². The minimum atomic E-state index is -3.65. The van der Waals surface area contributed by atoms with Crippen LogP contribution in [0.4, 0.5) is 5.95 Å². The van der Waals surface area contributed by atoms with Gasteiger partial charge in [-0.25, -0.2) is 13.2 Å². The third-order valence-corrected chi connectivity index (χ3v) is 8.00. The van der Waals surface area contributed by atoms with Crippen LogP contribution in [0.1, 0.15) is 43.8 Å². The summed E-state index contributed by atoms with van der Waals surface area (Å²) in [6.45, 7) is 0.330. The summed E-state index contributed by atoms with van der Waals surface area (Å²) >= 11 is 7.41. The number of thiophene rings is 1. The van der Waals surface area contributed by atoms with E-state index in [4.69, 9.17) is 11.6 Å². The number of benzene rings is 1. The summed E-state index contributed by atoms with van der Waals surface area (Å²) in [6.07, 6.45) is -0.141. The second kappa shape index (κ2) is 9.66. The molecule has 0 spiro atoms. The van der Waals surface area contributed by atoms with E-state index in [9.17, 15) is 28.2 Å². The zero-order valence-corrected chi connectivity index (χ0v) is 21.1. The van der Waals surface area contributed by atoms with Gasteiger partial charge in [-0.2, -0.15) is 14.0 Å². The molecule has 3 heterocycles. The molecular weight excluding hydrogens is 518 g/mol. The van der Waals surface area contributed by atoms with E-state index in [1.165, 1.54) is 35.6 Å². The maximum absolute atomic E-state index is 13.4. The van der Waals surface area contributed by atoms with Crippen LogP contribution in [0, 0.1) is 0 Å². The van der Waals surface area contributed by atoms with Crippen LogP contribution in [0.5, 0.6) is 0 Å². The fraction of sp³-hybridized carbons (Fsp3) is 0.333. The summed E-state index contributed by atoms with van der Waals surface area (Å²) in [4.78, 5) is 31.9.